The molecule has 0 saturated carbocycles. The summed E-state index contributed by atoms with van der Waals surface area (Å²) in [5.74, 6) is -4.33. The quantitative estimate of drug-likeness (QED) is 0.270. The maximum absolute atomic E-state index is 12.2. The first-order valence-corrected chi connectivity index (χ1v) is 7.44. The molecule has 4 atom stereocenters. The van der Waals surface area contributed by atoms with Crippen molar-refractivity contribution in [1.29, 1.82) is 0 Å². The number of aliphatic carboxylic acids is 2. The standard InChI is InChI=1S/C14H25N3O7/c1-6(2)4-9(16-12(21)8(15)5-10(19)20)13(22)17-11(7(3)18)14(23)24/h6-9,11,18H,4-5,15H2,1-3H3,(H,16,21)(H,17,22)(H,19,20)(H,23,24)/t7-,8+,9+,11+/m1/s1. The molecule has 0 aromatic heterocycles. The zero-order chi connectivity index (χ0) is 19.0. The van der Waals surface area contributed by atoms with E-state index in [1.807, 2.05) is 0 Å². The van der Waals surface area contributed by atoms with Crippen LogP contribution in [-0.4, -0.2) is 63.3 Å². The Morgan fingerprint density at radius 1 is 1.00 bits per heavy atom. The Kier molecular flexibility index (Phi) is 8.93. The van der Waals surface area contributed by atoms with Crippen LogP contribution >= 0.6 is 0 Å². The second-order valence-corrected chi connectivity index (χ2v) is 5.96. The van der Waals surface area contributed by atoms with E-state index in [0.717, 1.165) is 0 Å². The van der Waals surface area contributed by atoms with Crippen LogP contribution in [0.3, 0.4) is 0 Å². The summed E-state index contributed by atoms with van der Waals surface area (Å²) in [7, 11) is 0. The summed E-state index contributed by atoms with van der Waals surface area (Å²) in [5.41, 5.74) is 5.44. The van der Waals surface area contributed by atoms with E-state index < -0.39 is 54.4 Å². The number of hydrogen-bond acceptors (Lipinski definition) is 6. The van der Waals surface area contributed by atoms with Crippen molar-refractivity contribution in [3.63, 3.8) is 0 Å². The van der Waals surface area contributed by atoms with Crippen LogP contribution < -0.4 is 16.4 Å². The Morgan fingerprint density at radius 3 is 1.92 bits per heavy atom. The number of rotatable bonds is 10. The monoisotopic (exact) mass is 347 g/mol. The van der Waals surface area contributed by atoms with Crippen molar-refractivity contribution < 1.29 is 34.5 Å². The van der Waals surface area contributed by atoms with Crippen LogP contribution in [0.15, 0.2) is 0 Å². The topological polar surface area (TPSA) is 179 Å². The lowest BCUT2D eigenvalue weighted by molar-refractivity contribution is -0.145. The highest BCUT2D eigenvalue weighted by Crippen LogP contribution is 2.07. The first-order chi connectivity index (χ1) is 11.0. The number of carbonyl (C=O) groups is 4. The molecular formula is C14H25N3O7. The highest BCUT2D eigenvalue weighted by atomic mass is 16.4. The smallest absolute Gasteiger partial charge is 0.328 e. The van der Waals surface area contributed by atoms with Gasteiger partial charge in [0.05, 0.1) is 18.6 Å². The van der Waals surface area contributed by atoms with Crippen molar-refractivity contribution >= 4 is 23.8 Å². The van der Waals surface area contributed by atoms with Gasteiger partial charge < -0.3 is 31.7 Å². The van der Waals surface area contributed by atoms with Crippen LogP contribution in [0.4, 0.5) is 0 Å². The summed E-state index contributed by atoms with van der Waals surface area (Å²) >= 11 is 0. The number of amides is 2. The van der Waals surface area contributed by atoms with Gasteiger partial charge in [-0.25, -0.2) is 4.79 Å². The summed E-state index contributed by atoms with van der Waals surface area (Å²) in [4.78, 5) is 45.7. The fraction of sp³-hybridized carbons (Fsp3) is 0.714. The summed E-state index contributed by atoms with van der Waals surface area (Å²) in [6, 6.07) is -3.97. The Bertz CT molecular complexity index is 479. The molecule has 0 aromatic rings. The molecule has 0 aliphatic rings. The van der Waals surface area contributed by atoms with Gasteiger partial charge in [-0.05, 0) is 19.3 Å². The van der Waals surface area contributed by atoms with Crippen molar-refractivity contribution in [2.24, 2.45) is 11.7 Å². The summed E-state index contributed by atoms with van der Waals surface area (Å²) < 4.78 is 0. The minimum absolute atomic E-state index is 0.0217. The maximum Gasteiger partial charge on any atom is 0.328 e. The highest BCUT2D eigenvalue weighted by molar-refractivity contribution is 5.93. The molecule has 138 valence electrons. The van der Waals surface area contributed by atoms with Gasteiger partial charge in [-0.15, -0.1) is 0 Å². The number of hydrogen-bond donors (Lipinski definition) is 6. The minimum Gasteiger partial charge on any atom is -0.481 e. The van der Waals surface area contributed by atoms with Gasteiger partial charge in [-0.2, -0.15) is 0 Å². The number of aliphatic hydroxyl groups excluding tert-OH is 1. The van der Waals surface area contributed by atoms with Gasteiger partial charge in [0.25, 0.3) is 0 Å². The van der Waals surface area contributed by atoms with Crippen molar-refractivity contribution in [2.45, 2.75) is 57.8 Å². The molecule has 7 N–H and O–H groups in total. The Hall–Kier alpha value is -2.20. The average molecular weight is 347 g/mol. The van der Waals surface area contributed by atoms with Crippen molar-refractivity contribution in [1.82, 2.24) is 10.6 Å². The predicted octanol–water partition coefficient (Wildman–Crippen LogP) is -1.73. The van der Waals surface area contributed by atoms with Crippen LogP contribution in [0.2, 0.25) is 0 Å². The van der Waals surface area contributed by atoms with Crippen LogP contribution in [0.25, 0.3) is 0 Å². The molecule has 0 aliphatic carbocycles. The number of nitrogens with two attached hydrogens (primary N) is 1. The number of aliphatic hydroxyl groups is 1. The molecule has 0 bridgehead atoms. The molecule has 2 amide bonds. The SMILES string of the molecule is CC(C)C[C@H](NC(=O)[C@@H](N)CC(=O)O)C(=O)N[C@H](C(=O)O)[C@@H](C)O. The van der Waals surface area contributed by atoms with Gasteiger partial charge in [0.1, 0.15) is 6.04 Å². The van der Waals surface area contributed by atoms with Crippen LogP contribution in [-0.2, 0) is 19.2 Å². The summed E-state index contributed by atoms with van der Waals surface area (Å²) in [5, 5.41) is 31.5. The normalized spacial score (nSPS) is 15.9. The van der Waals surface area contributed by atoms with E-state index in [1.165, 1.54) is 6.92 Å². The minimum atomic E-state index is -1.53. The zero-order valence-corrected chi connectivity index (χ0v) is 13.9. The van der Waals surface area contributed by atoms with E-state index in [-0.39, 0.29) is 12.3 Å². The number of carbonyl (C=O) groups excluding carboxylic acids is 2. The van der Waals surface area contributed by atoms with E-state index in [2.05, 4.69) is 10.6 Å². The summed E-state index contributed by atoms with van der Waals surface area (Å²) in [6.07, 6.45) is -1.76. The van der Waals surface area contributed by atoms with E-state index in [4.69, 9.17) is 15.9 Å². The fourth-order valence-electron chi connectivity index (χ4n) is 1.91. The van der Waals surface area contributed by atoms with Crippen LogP contribution in [0.5, 0.6) is 0 Å². The molecule has 0 aromatic carbocycles. The Morgan fingerprint density at radius 2 is 1.54 bits per heavy atom. The molecule has 24 heavy (non-hydrogen) atoms. The zero-order valence-electron chi connectivity index (χ0n) is 13.9. The fourth-order valence-corrected chi connectivity index (χ4v) is 1.91. The maximum atomic E-state index is 12.2. The van der Waals surface area contributed by atoms with Crippen molar-refractivity contribution in [2.75, 3.05) is 0 Å². The number of carboxylic acids is 2. The largest absolute Gasteiger partial charge is 0.481 e. The third-order valence-corrected chi connectivity index (χ3v) is 3.12. The second-order valence-electron chi connectivity index (χ2n) is 5.96. The van der Waals surface area contributed by atoms with Gasteiger partial charge in [0.15, 0.2) is 6.04 Å². The van der Waals surface area contributed by atoms with Crippen molar-refractivity contribution in [3.8, 4) is 0 Å². The average Bonchev–Trinajstić information content (AvgIpc) is 2.41. The molecule has 0 radical (unpaired) electrons. The van der Waals surface area contributed by atoms with E-state index in [9.17, 15) is 24.3 Å². The molecule has 0 aliphatic heterocycles. The first-order valence-electron chi connectivity index (χ1n) is 7.44. The molecule has 10 nitrogen and oxygen atoms in total. The number of carboxylic acid groups (broad SMARTS) is 2. The van der Waals surface area contributed by atoms with Gasteiger partial charge in [0, 0.05) is 0 Å². The Balaban J connectivity index is 5.04. The van der Waals surface area contributed by atoms with Gasteiger partial charge in [-0.1, -0.05) is 13.8 Å². The molecule has 0 unspecified atom stereocenters. The third kappa shape index (κ3) is 7.88. The van der Waals surface area contributed by atoms with Gasteiger partial charge >= 0.3 is 11.9 Å². The molecule has 0 spiro atoms. The van der Waals surface area contributed by atoms with Crippen LogP contribution in [0.1, 0.15) is 33.6 Å². The van der Waals surface area contributed by atoms with Crippen LogP contribution in [0, 0.1) is 5.92 Å². The first kappa shape index (κ1) is 21.8. The molecule has 0 rings (SSSR count). The van der Waals surface area contributed by atoms with Crippen molar-refractivity contribution in [3.05, 3.63) is 0 Å². The molecule has 0 saturated heterocycles. The second kappa shape index (κ2) is 9.83. The highest BCUT2D eigenvalue weighted by Gasteiger charge is 2.30. The molecule has 0 fully saturated rings. The van der Waals surface area contributed by atoms with Gasteiger partial charge in [0.2, 0.25) is 11.8 Å². The van der Waals surface area contributed by atoms with E-state index >= 15 is 0 Å². The molecule has 10 heteroatoms. The lowest BCUT2D eigenvalue weighted by Crippen LogP contribution is -2.57. The lowest BCUT2D eigenvalue weighted by atomic mass is 10.0. The number of nitrogens with one attached hydrogen (secondary N) is 2. The lowest BCUT2D eigenvalue weighted by Gasteiger charge is -2.24. The Labute approximate surface area is 139 Å². The molecular weight excluding hydrogens is 322 g/mol. The summed E-state index contributed by atoms with van der Waals surface area (Å²) in [6.45, 7) is 4.78. The predicted molar refractivity (Wildman–Crippen MR) is 82.9 cm³/mol. The van der Waals surface area contributed by atoms with Gasteiger partial charge in [-0.3, -0.25) is 14.4 Å². The van der Waals surface area contributed by atoms with E-state index in [1.54, 1.807) is 13.8 Å². The van der Waals surface area contributed by atoms with E-state index in [0.29, 0.717) is 0 Å². The third-order valence-electron chi connectivity index (χ3n) is 3.12. The molecule has 0 heterocycles.